The molecule has 2 saturated carbocycles. The summed E-state index contributed by atoms with van der Waals surface area (Å²) >= 11 is 0. The van der Waals surface area contributed by atoms with E-state index in [2.05, 4.69) is 31.9 Å². The van der Waals surface area contributed by atoms with Crippen LogP contribution in [0.4, 0.5) is 18.0 Å². The number of ether oxygens (including phenoxy) is 2. The van der Waals surface area contributed by atoms with Gasteiger partial charge in [-0.15, -0.1) is 6.58 Å². The van der Waals surface area contributed by atoms with E-state index < -0.39 is 91.6 Å². The molecule has 0 radical (unpaired) electrons. The quantitative estimate of drug-likeness (QED) is 0.300. The second kappa shape index (κ2) is 13.7. The number of hydrogen-bond acceptors (Lipinski definition) is 10. The third-order valence-electron chi connectivity index (χ3n) is 9.23. The van der Waals surface area contributed by atoms with Gasteiger partial charge in [0.15, 0.2) is 11.3 Å². The molecule has 18 heteroatoms. The minimum absolute atomic E-state index is 0.0370. The van der Waals surface area contributed by atoms with E-state index >= 15 is 0 Å². The van der Waals surface area contributed by atoms with Gasteiger partial charge in [0.05, 0.1) is 17.2 Å². The Balaban J connectivity index is 1.49. The number of pyridine rings is 2. The van der Waals surface area contributed by atoms with Gasteiger partial charge in [-0.05, 0) is 64.5 Å². The van der Waals surface area contributed by atoms with Gasteiger partial charge in [0, 0.05) is 24.1 Å². The second-order valence-corrected chi connectivity index (χ2v) is 17.9. The molecule has 3 heterocycles. The zero-order valence-corrected chi connectivity index (χ0v) is 31.4. The highest BCUT2D eigenvalue weighted by atomic mass is 32.2. The van der Waals surface area contributed by atoms with E-state index in [1.807, 2.05) is 0 Å². The van der Waals surface area contributed by atoms with Crippen LogP contribution in [0.25, 0.3) is 11.0 Å². The average molecular weight is 767 g/mol. The van der Waals surface area contributed by atoms with Gasteiger partial charge in [0.25, 0.3) is 5.91 Å². The van der Waals surface area contributed by atoms with E-state index in [1.54, 1.807) is 54.5 Å². The number of amides is 4. The van der Waals surface area contributed by atoms with Crippen LogP contribution >= 0.6 is 0 Å². The highest BCUT2D eigenvalue weighted by Crippen LogP contribution is 2.46. The number of alkyl halides is 3. The van der Waals surface area contributed by atoms with Crippen LogP contribution in [0, 0.1) is 18.3 Å². The monoisotopic (exact) mass is 766 g/mol. The van der Waals surface area contributed by atoms with E-state index in [0.717, 1.165) is 11.0 Å². The van der Waals surface area contributed by atoms with E-state index in [4.69, 9.17) is 9.47 Å². The van der Waals surface area contributed by atoms with Crippen molar-refractivity contribution in [2.45, 2.75) is 115 Å². The largest absolute Gasteiger partial charge is 0.488 e. The molecule has 3 N–H and O–H groups in total. The van der Waals surface area contributed by atoms with Crippen LogP contribution in [0.1, 0.15) is 78.6 Å². The predicted molar refractivity (Wildman–Crippen MR) is 186 cm³/mol. The number of alkyl carbamates (subject to hydrolysis) is 1. The van der Waals surface area contributed by atoms with Gasteiger partial charge < -0.3 is 25.0 Å². The fraction of sp³-hybridized carbons (Fsp3) is 0.600. The maximum absolute atomic E-state index is 14.4. The van der Waals surface area contributed by atoms with Crippen molar-refractivity contribution >= 4 is 44.9 Å². The third-order valence-corrected chi connectivity index (χ3v) is 11.0. The van der Waals surface area contributed by atoms with Crippen LogP contribution < -0.4 is 20.1 Å². The van der Waals surface area contributed by atoms with Gasteiger partial charge in [0.2, 0.25) is 21.8 Å². The highest BCUT2D eigenvalue weighted by Gasteiger charge is 2.62. The summed E-state index contributed by atoms with van der Waals surface area (Å²) in [5, 5.41) is 4.70. The lowest BCUT2D eigenvalue weighted by Crippen LogP contribution is -2.60. The molecule has 0 bridgehead atoms. The summed E-state index contributed by atoms with van der Waals surface area (Å²) in [6.07, 6.45) is -4.83. The second-order valence-electron chi connectivity index (χ2n) is 15.9. The van der Waals surface area contributed by atoms with E-state index in [1.165, 1.54) is 12.1 Å². The molecule has 3 aliphatic rings. The number of carbonyl (C=O) groups excluding carboxylic acids is 4. The molecule has 2 aromatic heterocycles. The number of sulfonamides is 1. The predicted octanol–water partition coefficient (Wildman–Crippen LogP) is 3.91. The van der Waals surface area contributed by atoms with Gasteiger partial charge in [-0.25, -0.2) is 23.2 Å². The molecular formula is C35H45F3N6O8S. The minimum atomic E-state index is -4.85. The van der Waals surface area contributed by atoms with E-state index in [9.17, 15) is 40.8 Å². The van der Waals surface area contributed by atoms with Crippen LogP contribution in [0.15, 0.2) is 30.9 Å². The van der Waals surface area contributed by atoms with Crippen molar-refractivity contribution in [3.63, 3.8) is 0 Å². The van der Waals surface area contributed by atoms with Crippen molar-refractivity contribution in [1.29, 1.82) is 0 Å². The van der Waals surface area contributed by atoms with E-state index in [-0.39, 0.29) is 36.2 Å². The fourth-order valence-corrected chi connectivity index (χ4v) is 7.59. The molecule has 5 rings (SSSR count). The molecule has 1 saturated heterocycles. The molecular weight excluding hydrogens is 721 g/mol. The molecule has 1 aliphatic heterocycles. The van der Waals surface area contributed by atoms with Crippen molar-refractivity contribution in [2.24, 2.45) is 11.3 Å². The third kappa shape index (κ3) is 8.84. The van der Waals surface area contributed by atoms with Crippen molar-refractivity contribution in [3.8, 4) is 5.75 Å². The first kappa shape index (κ1) is 39.7. The van der Waals surface area contributed by atoms with Crippen molar-refractivity contribution < 1.29 is 50.2 Å². The standard InChI is InChI=1S/C35H45F3N6O8S/c1-9-19-16-34(19,30(47)43-53(49,50)21-11-12-21)42-28(45)23-14-20(17-44(23)29(46)26(32(3,4)5)41-31(48)52-33(6,7)8)51-24-15-25(35(36,37)38)40-27-22(24)13-10-18(2)39-27/h9-10,13,15,19-21,23,26H,1,11-12,14,16-17H2,2-8H3,(H,41,48)(H,42,45)(H,43,47)/t19?,20?,23-,26+,34?/m0/s1. The summed E-state index contributed by atoms with van der Waals surface area (Å²) in [6.45, 7) is 14.9. The summed E-state index contributed by atoms with van der Waals surface area (Å²) < 4.78 is 80.7. The number of rotatable bonds is 10. The summed E-state index contributed by atoms with van der Waals surface area (Å²) in [5.74, 6) is -3.38. The number of aromatic nitrogens is 2. The smallest absolute Gasteiger partial charge is 0.433 e. The molecule has 4 amide bonds. The average Bonchev–Trinajstić information content (AvgIpc) is 3.94. The lowest BCUT2D eigenvalue weighted by atomic mass is 9.85. The molecule has 2 aliphatic carbocycles. The Bertz CT molecular complexity index is 1940. The number of halogens is 3. The number of carbonyl (C=O) groups is 4. The molecule has 3 unspecified atom stereocenters. The van der Waals surface area contributed by atoms with Gasteiger partial charge in [0.1, 0.15) is 35.1 Å². The molecule has 53 heavy (non-hydrogen) atoms. The molecule has 5 atom stereocenters. The molecule has 14 nitrogen and oxygen atoms in total. The normalized spacial score (nSPS) is 23.9. The number of aryl methyl sites for hydroxylation is 1. The highest BCUT2D eigenvalue weighted by molar-refractivity contribution is 7.91. The Morgan fingerprint density at radius 2 is 1.74 bits per heavy atom. The van der Waals surface area contributed by atoms with Crippen molar-refractivity contribution in [2.75, 3.05) is 6.54 Å². The number of likely N-dealkylation sites (tertiary alicyclic amines) is 1. The number of nitrogens with one attached hydrogen (secondary N) is 3. The zero-order chi connectivity index (χ0) is 39.5. The fourth-order valence-electron chi connectivity index (χ4n) is 6.23. The number of hydrogen-bond donors (Lipinski definition) is 3. The van der Waals surface area contributed by atoms with Gasteiger partial charge in [-0.2, -0.15) is 13.2 Å². The van der Waals surface area contributed by atoms with E-state index in [0.29, 0.717) is 18.5 Å². The van der Waals surface area contributed by atoms with Crippen LogP contribution in [0.3, 0.4) is 0 Å². The Morgan fingerprint density at radius 3 is 2.28 bits per heavy atom. The Kier molecular flexibility index (Phi) is 10.3. The molecule has 2 aromatic rings. The number of fused-ring (bicyclic) bond motifs is 1. The summed E-state index contributed by atoms with van der Waals surface area (Å²) in [4.78, 5) is 63.9. The summed E-state index contributed by atoms with van der Waals surface area (Å²) in [7, 11) is -3.98. The lowest BCUT2D eigenvalue weighted by molar-refractivity contribution is -0.143. The van der Waals surface area contributed by atoms with Crippen molar-refractivity contribution in [1.82, 2.24) is 30.2 Å². The SMILES string of the molecule is C=CC1CC1(NC(=O)[C@@H]1CC(Oc2cc(C(F)(F)F)nc3nc(C)ccc23)CN1C(=O)[C@@H](NC(=O)OC(C)(C)C)C(C)(C)C)C(=O)NS(=O)(=O)C1CC1. The summed E-state index contributed by atoms with van der Waals surface area (Å²) in [5.41, 5.74) is -4.60. The molecule has 0 aromatic carbocycles. The number of nitrogens with zero attached hydrogens (tertiary/aromatic N) is 3. The van der Waals surface area contributed by atoms with Gasteiger partial charge >= 0.3 is 12.3 Å². The van der Waals surface area contributed by atoms with Crippen LogP contribution in [-0.4, -0.2) is 88.2 Å². The first-order chi connectivity index (χ1) is 24.3. The molecule has 0 spiro atoms. The maximum Gasteiger partial charge on any atom is 0.433 e. The van der Waals surface area contributed by atoms with Gasteiger partial charge in [-0.3, -0.25) is 19.1 Å². The van der Waals surface area contributed by atoms with Crippen molar-refractivity contribution in [3.05, 3.63) is 42.2 Å². The van der Waals surface area contributed by atoms with Crippen LogP contribution in [-0.2, 0) is 35.3 Å². The van der Waals surface area contributed by atoms with Crippen LogP contribution in [0.5, 0.6) is 5.75 Å². The summed E-state index contributed by atoms with van der Waals surface area (Å²) in [6, 6.07) is 1.16. The van der Waals surface area contributed by atoms with Gasteiger partial charge in [-0.1, -0.05) is 26.8 Å². The first-order valence-corrected chi connectivity index (χ1v) is 18.7. The zero-order valence-electron chi connectivity index (χ0n) is 30.6. The maximum atomic E-state index is 14.4. The van der Waals surface area contributed by atoms with Crippen LogP contribution in [0.2, 0.25) is 0 Å². The Morgan fingerprint density at radius 1 is 1.08 bits per heavy atom. The molecule has 290 valence electrons. The lowest BCUT2D eigenvalue weighted by Gasteiger charge is -2.36. The first-order valence-electron chi connectivity index (χ1n) is 17.2. The molecule has 3 fully saturated rings. The minimum Gasteiger partial charge on any atom is -0.488 e. The Hall–Kier alpha value is -4.48. The topological polar surface area (TPSA) is 186 Å². The Labute approximate surface area is 305 Å².